The molecular formula is C16H15ClN2O. The van der Waals surface area contributed by atoms with Gasteiger partial charge in [0.05, 0.1) is 5.56 Å². The van der Waals surface area contributed by atoms with Crippen molar-refractivity contribution in [2.45, 2.75) is 19.3 Å². The van der Waals surface area contributed by atoms with E-state index in [1.54, 1.807) is 12.1 Å². The number of nitrogens with zero attached hydrogens (tertiary/aromatic N) is 2. The first-order chi connectivity index (χ1) is 9.66. The molecule has 20 heavy (non-hydrogen) atoms. The van der Waals surface area contributed by atoms with Crippen molar-refractivity contribution in [1.29, 1.82) is 0 Å². The van der Waals surface area contributed by atoms with Crippen molar-refractivity contribution in [3.63, 3.8) is 0 Å². The van der Waals surface area contributed by atoms with Crippen LogP contribution in [0.25, 0.3) is 0 Å². The lowest BCUT2D eigenvalue weighted by molar-refractivity contribution is 0.0984. The second-order valence-electron chi connectivity index (χ2n) is 5.07. The lowest BCUT2D eigenvalue weighted by atomic mass is 9.91. The van der Waals surface area contributed by atoms with Crippen molar-refractivity contribution >= 4 is 23.2 Å². The fraction of sp³-hybridized carbons (Fsp3) is 0.250. The molecule has 0 fully saturated rings. The monoisotopic (exact) mass is 286 g/mol. The van der Waals surface area contributed by atoms with Crippen LogP contribution in [0.1, 0.15) is 35.2 Å². The molecule has 2 aromatic rings. The molecule has 4 heteroatoms. The highest BCUT2D eigenvalue weighted by molar-refractivity contribution is 6.29. The molecule has 1 aliphatic rings. The Balaban J connectivity index is 1.97. The number of hydrogen-bond donors (Lipinski definition) is 0. The first-order valence-corrected chi connectivity index (χ1v) is 7.07. The van der Waals surface area contributed by atoms with Gasteiger partial charge in [-0.2, -0.15) is 0 Å². The number of hydrogen-bond acceptors (Lipinski definition) is 2. The molecular weight excluding hydrogens is 272 g/mol. The van der Waals surface area contributed by atoms with Crippen molar-refractivity contribution < 1.29 is 4.79 Å². The minimum Gasteiger partial charge on any atom is -0.308 e. The zero-order valence-electron chi connectivity index (χ0n) is 11.2. The first-order valence-electron chi connectivity index (χ1n) is 6.69. The Morgan fingerprint density at radius 1 is 1.30 bits per heavy atom. The summed E-state index contributed by atoms with van der Waals surface area (Å²) >= 11 is 5.77. The second kappa shape index (κ2) is 5.25. The molecule has 1 amide bonds. The predicted octanol–water partition coefficient (Wildman–Crippen LogP) is 3.89. The molecule has 0 spiro atoms. The minimum absolute atomic E-state index is 0.0199. The van der Waals surface area contributed by atoms with E-state index in [1.165, 1.54) is 11.8 Å². The normalized spacial score (nSPS) is 17.7. The maximum Gasteiger partial charge on any atom is 0.259 e. The van der Waals surface area contributed by atoms with Crippen LogP contribution in [0.2, 0.25) is 5.15 Å². The molecule has 0 aliphatic carbocycles. The fourth-order valence-electron chi connectivity index (χ4n) is 2.62. The summed E-state index contributed by atoms with van der Waals surface area (Å²) in [4.78, 5) is 18.4. The molecule has 102 valence electrons. The number of halogens is 1. The summed E-state index contributed by atoms with van der Waals surface area (Å²) < 4.78 is 0. The van der Waals surface area contributed by atoms with Crippen LogP contribution < -0.4 is 4.90 Å². The molecule has 2 heterocycles. The highest BCUT2D eigenvalue weighted by Gasteiger charge is 2.26. The number of fused-ring (bicyclic) bond motifs is 1. The Labute approximate surface area is 123 Å². The molecule has 0 radical (unpaired) electrons. The topological polar surface area (TPSA) is 33.2 Å². The van der Waals surface area contributed by atoms with Gasteiger partial charge in [-0.15, -0.1) is 0 Å². The number of pyridine rings is 1. The van der Waals surface area contributed by atoms with E-state index in [0.717, 1.165) is 18.7 Å². The lowest BCUT2D eigenvalue weighted by Gasteiger charge is -2.32. The van der Waals surface area contributed by atoms with E-state index in [-0.39, 0.29) is 5.91 Å². The third-order valence-electron chi connectivity index (χ3n) is 3.76. The van der Waals surface area contributed by atoms with E-state index >= 15 is 0 Å². The molecule has 0 saturated heterocycles. The third kappa shape index (κ3) is 2.29. The Hall–Kier alpha value is -1.87. The van der Waals surface area contributed by atoms with Gasteiger partial charge in [-0.1, -0.05) is 36.7 Å². The molecule has 1 unspecified atom stereocenters. The molecule has 1 atom stereocenters. The van der Waals surface area contributed by atoms with Gasteiger partial charge in [0, 0.05) is 18.4 Å². The maximum absolute atomic E-state index is 12.6. The number of aromatic nitrogens is 1. The zero-order valence-corrected chi connectivity index (χ0v) is 12.0. The molecule has 1 aromatic carbocycles. The Bertz CT molecular complexity index is 639. The number of carbonyl (C=O) groups excluding carboxylic acids is 1. The first kappa shape index (κ1) is 13.1. The van der Waals surface area contributed by atoms with Crippen LogP contribution in [-0.2, 0) is 0 Å². The summed E-state index contributed by atoms with van der Waals surface area (Å²) in [6, 6.07) is 11.5. The molecule has 1 aliphatic heterocycles. The number of benzene rings is 1. The van der Waals surface area contributed by atoms with Crippen molar-refractivity contribution in [2.24, 2.45) is 0 Å². The summed E-state index contributed by atoms with van der Waals surface area (Å²) in [5.41, 5.74) is 2.80. The standard InChI is InChI=1S/C16H15ClN2O/c1-11-8-9-19(14-5-3-2-4-13(11)14)16(20)12-6-7-15(17)18-10-12/h2-7,10-11H,8-9H2,1H3. The van der Waals surface area contributed by atoms with Gasteiger partial charge in [-0.05, 0) is 36.1 Å². The SMILES string of the molecule is CC1CCN(C(=O)c2ccc(Cl)nc2)c2ccccc21. The zero-order chi connectivity index (χ0) is 14.1. The molecule has 1 aromatic heterocycles. The highest BCUT2D eigenvalue weighted by atomic mass is 35.5. The minimum atomic E-state index is -0.0199. The van der Waals surface area contributed by atoms with Gasteiger partial charge >= 0.3 is 0 Å². The van der Waals surface area contributed by atoms with Crippen LogP contribution in [0.15, 0.2) is 42.6 Å². The molecule has 0 saturated carbocycles. The van der Waals surface area contributed by atoms with Crippen LogP contribution in [0, 0.1) is 0 Å². The van der Waals surface area contributed by atoms with E-state index in [4.69, 9.17) is 11.6 Å². The Kier molecular flexibility index (Phi) is 3.45. The molecule has 3 nitrogen and oxygen atoms in total. The van der Waals surface area contributed by atoms with Gasteiger partial charge in [-0.3, -0.25) is 4.79 Å². The Morgan fingerprint density at radius 3 is 2.85 bits per heavy atom. The van der Waals surface area contributed by atoms with Crippen molar-refractivity contribution in [3.8, 4) is 0 Å². The summed E-state index contributed by atoms with van der Waals surface area (Å²) in [6.07, 6.45) is 2.51. The van der Waals surface area contributed by atoms with Crippen LogP contribution >= 0.6 is 11.6 Å². The van der Waals surface area contributed by atoms with Crippen molar-refractivity contribution in [1.82, 2.24) is 4.98 Å². The van der Waals surface area contributed by atoms with Crippen LogP contribution in [-0.4, -0.2) is 17.4 Å². The highest BCUT2D eigenvalue weighted by Crippen LogP contribution is 2.35. The quantitative estimate of drug-likeness (QED) is 0.745. The number of rotatable bonds is 1. The fourth-order valence-corrected chi connectivity index (χ4v) is 2.73. The van der Waals surface area contributed by atoms with Gasteiger partial charge < -0.3 is 4.90 Å². The number of anilines is 1. The van der Waals surface area contributed by atoms with Crippen LogP contribution in [0.4, 0.5) is 5.69 Å². The number of carbonyl (C=O) groups is 1. The van der Waals surface area contributed by atoms with Gasteiger partial charge in [0.1, 0.15) is 5.15 Å². The molecule has 0 bridgehead atoms. The average molecular weight is 287 g/mol. The van der Waals surface area contributed by atoms with Gasteiger partial charge in [-0.25, -0.2) is 4.98 Å². The van der Waals surface area contributed by atoms with E-state index in [0.29, 0.717) is 16.6 Å². The van der Waals surface area contributed by atoms with Gasteiger partial charge in [0.25, 0.3) is 5.91 Å². The predicted molar refractivity (Wildman–Crippen MR) is 80.4 cm³/mol. The Morgan fingerprint density at radius 2 is 2.10 bits per heavy atom. The third-order valence-corrected chi connectivity index (χ3v) is 3.99. The van der Waals surface area contributed by atoms with Gasteiger partial charge in [0.15, 0.2) is 0 Å². The van der Waals surface area contributed by atoms with E-state index in [2.05, 4.69) is 18.0 Å². The van der Waals surface area contributed by atoms with Crippen LogP contribution in [0.3, 0.4) is 0 Å². The lowest BCUT2D eigenvalue weighted by Crippen LogP contribution is -2.36. The van der Waals surface area contributed by atoms with Crippen molar-refractivity contribution in [3.05, 3.63) is 58.9 Å². The number of para-hydroxylation sites is 1. The van der Waals surface area contributed by atoms with E-state index in [9.17, 15) is 4.79 Å². The second-order valence-corrected chi connectivity index (χ2v) is 5.46. The van der Waals surface area contributed by atoms with Crippen molar-refractivity contribution in [2.75, 3.05) is 11.4 Å². The number of amides is 1. The average Bonchev–Trinajstić information content (AvgIpc) is 2.48. The summed E-state index contributed by atoms with van der Waals surface area (Å²) in [5.74, 6) is 0.465. The smallest absolute Gasteiger partial charge is 0.259 e. The summed E-state index contributed by atoms with van der Waals surface area (Å²) in [5, 5.41) is 0.397. The van der Waals surface area contributed by atoms with Crippen LogP contribution in [0.5, 0.6) is 0 Å². The summed E-state index contributed by atoms with van der Waals surface area (Å²) in [7, 11) is 0. The summed E-state index contributed by atoms with van der Waals surface area (Å²) in [6.45, 7) is 2.93. The van der Waals surface area contributed by atoms with E-state index < -0.39 is 0 Å². The molecule has 0 N–H and O–H groups in total. The molecule has 3 rings (SSSR count). The largest absolute Gasteiger partial charge is 0.308 e. The maximum atomic E-state index is 12.6. The van der Waals surface area contributed by atoms with E-state index in [1.807, 2.05) is 23.1 Å². The van der Waals surface area contributed by atoms with Gasteiger partial charge in [0.2, 0.25) is 0 Å².